The Labute approximate surface area is 150 Å². The van der Waals surface area contributed by atoms with Gasteiger partial charge in [-0.2, -0.15) is 0 Å². The summed E-state index contributed by atoms with van der Waals surface area (Å²) in [6.07, 6.45) is 6.11. The van der Waals surface area contributed by atoms with Gasteiger partial charge in [0, 0.05) is 49.9 Å². The van der Waals surface area contributed by atoms with Crippen molar-refractivity contribution < 1.29 is 9.59 Å². The van der Waals surface area contributed by atoms with E-state index in [1.165, 1.54) is 25.4 Å². The lowest BCUT2D eigenvalue weighted by Gasteiger charge is -2.02. The predicted octanol–water partition coefficient (Wildman–Crippen LogP) is 3.93. The number of ketones is 2. The summed E-state index contributed by atoms with van der Waals surface area (Å²) in [5.74, 6) is -0.0768. The highest BCUT2D eigenvalue weighted by Crippen LogP contribution is 2.06. The molecule has 0 spiro atoms. The summed E-state index contributed by atoms with van der Waals surface area (Å²) in [4.78, 5) is 31.5. The van der Waals surface area contributed by atoms with Crippen molar-refractivity contribution in [2.75, 3.05) is 14.1 Å². The lowest BCUT2D eigenvalue weighted by molar-refractivity contribution is 0.101. The summed E-state index contributed by atoms with van der Waals surface area (Å²) in [6, 6.07) is 6.49. The summed E-state index contributed by atoms with van der Waals surface area (Å²) in [6.45, 7) is 1.49. The van der Waals surface area contributed by atoms with Crippen molar-refractivity contribution in [2.24, 2.45) is 0 Å². The van der Waals surface area contributed by atoms with Gasteiger partial charge in [-0.05, 0) is 31.2 Å². The maximum Gasteiger partial charge on any atom is 0.188 e. The zero-order chi connectivity index (χ0) is 18.1. The number of aromatic nitrogens is 2. The SMILES string of the molecule is CC(=O)c1ccc(Cl)nc1.CN(C)/C=C/C(=O)c1ccc(Cl)nc1. The van der Waals surface area contributed by atoms with Crippen LogP contribution in [0.25, 0.3) is 0 Å². The minimum Gasteiger partial charge on any atom is -0.383 e. The molecule has 0 unspecified atom stereocenters. The number of nitrogens with zero attached hydrogens (tertiary/aromatic N) is 3. The smallest absolute Gasteiger partial charge is 0.188 e. The molecule has 0 aliphatic heterocycles. The van der Waals surface area contributed by atoms with E-state index in [-0.39, 0.29) is 11.6 Å². The molecular formula is C17H17Cl2N3O2. The molecule has 0 bridgehead atoms. The van der Waals surface area contributed by atoms with E-state index >= 15 is 0 Å². The number of hydrogen-bond donors (Lipinski definition) is 0. The van der Waals surface area contributed by atoms with Crippen LogP contribution < -0.4 is 0 Å². The molecule has 0 atom stereocenters. The molecule has 5 nitrogen and oxygen atoms in total. The summed E-state index contributed by atoms with van der Waals surface area (Å²) in [7, 11) is 3.70. The maximum absolute atomic E-state index is 11.5. The zero-order valence-electron chi connectivity index (χ0n) is 13.5. The standard InChI is InChI=1S/C10H11ClN2O.C7H6ClNO/c1-13(2)6-5-9(14)8-3-4-10(11)12-7-8;1-5(10)6-2-3-7(8)9-4-6/h3-7H,1-2H3;2-4H,1H3/b6-5+;. The van der Waals surface area contributed by atoms with E-state index in [1.54, 1.807) is 35.4 Å². The molecule has 0 aromatic carbocycles. The van der Waals surface area contributed by atoms with Crippen molar-refractivity contribution in [3.8, 4) is 0 Å². The lowest BCUT2D eigenvalue weighted by Crippen LogP contribution is -2.03. The molecule has 2 aromatic rings. The Hall–Kier alpha value is -2.24. The number of rotatable bonds is 4. The van der Waals surface area contributed by atoms with Gasteiger partial charge in [0.1, 0.15) is 10.3 Å². The minimum atomic E-state index is -0.0807. The summed E-state index contributed by atoms with van der Waals surface area (Å²) >= 11 is 11.1. The summed E-state index contributed by atoms with van der Waals surface area (Å²) < 4.78 is 0. The number of Topliss-reactive ketones (excluding diaryl/α,β-unsaturated/α-hetero) is 1. The second-order valence-corrected chi connectivity index (χ2v) is 5.71. The molecule has 0 N–H and O–H groups in total. The first-order chi connectivity index (χ1) is 11.3. The van der Waals surface area contributed by atoms with Crippen molar-refractivity contribution in [2.45, 2.75) is 6.92 Å². The van der Waals surface area contributed by atoms with Crippen LogP contribution in [0.1, 0.15) is 27.6 Å². The Morgan fingerprint density at radius 1 is 0.958 bits per heavy atom. The third-order valence-corrected chi connectivity index (χ3v) is 3.12. The highest BCUT2D eigenvalue weighted by Gasteiger charge is 2.01. The molecule has 24 heavy (non-hydrogen) atoms. The van der Waals surface area contributed by atoms with Gasteiger partial charge in [0.15, 0.2) is 11.6 Å². The Bertz CT molecular complexity index is 712. The van der Waals surface area contributed by atoms with Crippen molar-refractivity contribution in [1.82, 2.24) is 14.9 Å². The maximum atomic E-state index is 11.5. The number of halogens is 2. The first-order valence-corrected chi connectivity index (χ1v) is 7.68. The molecule has 0 fully saturated rings. The van der Waals surface area contributed by atoms with Crippen LogP contribution in [-0.4, -0.2) is 40.5 Å². The molecule has 126 valence electrons. The van der Waals surface area contributed by atoms with Gasteiger partial charge in [-0.1, -0.05) is 23.2 Å². The fourth-order valence-electron chi connectivity index (χ4n) is 1.42. The number of allylic oxidation sites excluding steroid dienone is 1. The van der Waals surface area contributed by atoms with E-state index in [9.17, 15) is 9.59 Å². The van der Waals surface area contributed by atoms with Gasteiger partial charge in [-0.3, -0.25) is 9.59 Å². The van der Waals surface area contributed by atoms with E-state index < -0.39 is 0 Å². The molecule has 0 aliphatic rings. The molecule has 2 heterocycles. The fourth-order valence-corrected chi connectivity index (χ4v) is 1.64. The molecule has 0 amide bonds. The molecule has 2 aromatic heterocycles. The molecular weight excluding hydrogens is 349 g/mol. The molecule has 0 saturated heterocycles. The van der Waals surface area contributed by atoms with Crippen LogP contribution in [0.4, 0.5) is 0 Å². The highest BCUT2D eigenvalue weighted by molar-refractivity contribution is 6.29. The second-order valence-electron chi connectivity index (χ2n) is 4.94. The van der Waals surface area contributed by atoms with Gasteiger partial charge in [-0.25, -0.2) is 9.97 Å². The van der Waals surface area contributed by atoms with Crippen LogP contribution in [0, 0.1) is 0 Å². The largest absolute Gasteiger partial charge is 0.383 e. The molecule has 2 rings (SSSR count). The summed E-state index contributed by atoms with van der Waals surface area (Å²) in [5.41, 5.74) is 1.12. The molecule has 7 heteroatoms. The highest BCUT2D eigenvalue weighted by atomic mass is 35.5. The average molecular weight is 366 g/mol. The van der Waals surface area contributed by atoms with Crippen molar-refractivity contribution in [3.05, 3.63) is 70.4 Å². The van der Waals surface area contributed by atoms with Crippen LogP contribution in [0.2, 0.25) is 10.3 Å². The first-order valence-electron chi connectivity index (χ1n) is 6.92. The van der Waals surface area contributed by atoms with Crippen LogP contribution in [0.3, 0.4) is 0 Å². The number of carbonyl (C=O) groups is 2. The Morgan fingerprint density at radius 3 is 1.83 bits per heavy atom. The van der Waals surface area contributed by atoms with Gasteiger partial charge >= 0.3 is 0 Å². The number of hydrogen-bond acceptors (Lipinski definition) is 5. The quantitative estimate of drug-likeness (QED) is 0.466. The van der Waals surface area contributed by atoms with Gasteiger partial charge in [0.2, 0.25) is 0 Å². The fraction of sp³-hybridized carbons (Fsp3) is 0.176. The van der Waals surface area contributed by atoms with Crippen LogP contribution >= 0.6 is 23.2 Å². The monoisotopic (exact) mass is 365 g/mol. The molecule has 0 radical (unpaired) electrons. The third-order valence-electron chi connectivity index (χ3n) is 2.67. The van der Waals surface area contributed by atoms with E-state index in [4.69, 9.17) is 23.2 Å². The van der Waals surface area contributed by atoms with E-state index in [2.05, 4.69) is 9.97 Å². The van der Waals surface area contributed by atoms with Gasteiger partial charge in [-0.15, -0.1) is 0 Å². The topological polar surface area (TPSA) is 63.2 Å². The van der Waals surface area contributed by atoms with Gasteiger partial charge in [0.25, 0.3) is 0 Å². The Morgan fingerprint density at radius 2 is 1.46 bits per heavy atom. The zero-order valence-corrected chi connectivity index (χ0v) is 15.0. The first kappa shape index (κ1) is 19.8. The van der Waals surface area contributed by atoms with E-state index in [0.717, 1.165) is 0 Å². The Balaban J connectivity index is 0.000000254. The van der Waals surface area contributed by atoms with Gasteiger partial charge < -0.3 is 4.90 Å². The van der Waals surface area contributed by atoms with Crippen LogP contribution in [0.5, 0.6) is 0 Å². The van der Waals surface area contributed by atoms with E-state index in [1.807, 2.05) is 14.1 Å². The third kappa shape index (κ3) is 7.35. The van der Waals surface area contributed by atoms with Crippen molar-refractivity contribution >= 4 is 34.8 Å². The summed E-state index contributed by atoms with van der Waals surface area (Å²) in [5, 5.41) is 0.795. The van der Waals surface area contributed by atoms with Gasteiger partial charge in [0.05, 0.1) is 0 Å². The number of carbonyl (C=O) groups excluding carboxylic acids is 2. The van der Waals surface area contributed by atoms with Crippen molar-refractivity contribution in [1.29, 1.82) is 0 Å². The predicted molar refractivity (Wildman–Crippen MR) is 95.7 cm³/mol. The lowest BCUT2D eigenvalue weighted by atomic mass is 10.2. The average Bonchev–Trinajstić information content (AvgIpc) is 2.54. The minimum absolute atomic E-state index is 0.00386. The van der Waals surface area contributed by atoms with Crippen LogP contribution in [-0.2, 0) is 0 Å². The number of pyridine rings is 2. The molecule has 0 aliphatic carbocycles. The van der Waals surface area contributed by atoms with Crippen molar-refractivity contribution in [3.63, 3.8) is 0 Å². The second kappa shape index (κ2) is 9.80. The Kier molecular flexibility index (Phi) is 8.09. The van der Waals surface area contributed by atoms with E-state index in [0.29, 0.717) is 21.4 Å². The van der Waals surface area contributed by atoms with Crippen LogP contribution in [0.15, 0.2) is 48.9 Å². The molecule has 0 saturated carbocycles. The normalized spacial score (nSPS) is 10.0.